The van der Waals surface area contributed by atoms with Crippen molar-refractivity contribution in [1.82, 2.24) is 4.98 Å². The van der Waals surface area contributed by atoms with E-state index < -0.39 is 0 Å². The Bertz CT molecular complexity index is 269. The highest BCUT2D eigenvalue weighted by atomic mass is 14.7. The summed E-state index contributed by atoms with van der Waals surface area (Å²) in [6.45, 7) is 10.4. The third-order valence-electron chi connectivity index (χ3n) is 2.05. The molecule has 1 rings (SSSR count). The topological polar surface area (TPSA) is 15.8 Å². The number of aromatic nitrogens is 1. The summed E-state index contributed by atoms with van der Waals surface area (Å²) in [6, 6.07) is 0. The summed E-state index contributed by atoms with van der Waals surface area (Å²) in [4.78, 5) is 3.22. The molecule has 66 valence electrons. The van der Waals surface area contributed by atoms with E-state index in [9.17, 15) is 0 Å². The molecule has 0 bridgehead atoms. The lowest BCUT2D eigenvalue weighted by atomic mass is 10.0. The van der Waals surface area contributed by atoms with Crippen molar-refractivity contribution in [3.8, 4) is 0 Å². The van der Waals surface area contributed by atoms with Gasteiger partial charge in [-0.3, -0.25) is 0 Å². The van der Waals surface area contributed by atoms with Crippen LogP contribution in [0.2, 0.25) is 0 Å². The van der Waals surface area contributed by atoms with Crippen LogP contribution in [0.1, 0.15) is 30.7 Å². The van der Waals surface area contributed by atoms with Crippen LogP contribution >= 0.6 is 0 Å². The molecule has 1 heteroatoms. The molecule has 1 N–H and O–H groups in total. The molecule has 0 spiro atoms. The fourth-order valence-electron chi connectivity index (χ4n) is 1.48. The summed E-state index contributed by atoms with van der Waals surface area (Å²) in [5, 5.41) is 0. The van der Waals surface area contributed by atoms with E-state index in [2.05, 4.69) is 38.5 Å². The van der Waals surface area contributed by atoms with Gasteiger partial charge in [-0.2, -0.15) is 0 Å². The summed E-state index contributed by atoms with van der Waals surface area (Å²) in [6.07, 6.45) is 5.15. The SMILES string of the molecule is C=Cc1c(CC(C)C)c[nH]c1C. The third kappa shape index (κ3) is 1.79. The van der Waals surface area contributed by atoms with E-state index in [1.807, 2.05) is 6.08 Å². The van der Waals surface area contributed by atoms with Crippen LogP contribution in [0.4, 0.5) is 0 Å². The first kappa shape index (κ1) is 9.11. The Morgan fingerprint density at radius 2 is 2.25 bits per heavy atom. The number of aromatic amines is 1. The van der Waals surface area contributed by atoms with Crippen LogP contribution in [0.3, 0.4) is 0 Å². The summed E-state index contributed by atoms with van der Waals surface area (Å²) in [7, 11) is 0. The van der Waals surface area contributed by atoms with Crippen molar-refractivity contribution >= 4 is 6.08 Å². The summed E-state index contributed by atoms with van der Waals surface area (Å²) in [5.74, 6) is 0.707. The molecule has 0 amide bonds. The maximum atomic E-state index is 3.81. The number of hydrogen-bond acceptors (Lipinski definition) is 0. The molecule has 0 aliphatic rings. The minimum Gasteiger partial charge on any atom is -0.364 e. The predicted molar refractivity (Wildman–Crippen MR) is 54.2 cm³/mol. The highest BCUT2D eigenvalue weighted by Crippen LogP contribution is 2.17. The molecule has 0 unspecified atom stereocenters. The lowest BCUT2D eigenvalue weighted by Gasteiger charge is -2.03. The van der Waals surface area contributed by atoms with E-state index in [0.29, 0.717) is 5.92 Å². The van der Waals surface area contributed by atoms with Crippen LogP contribution in [0.25, 0.3) is 6.08 Å². The predicted octanol–water partition coefficient (Wildman–Crippen LogP) is 3.16. The number of H-pyrrole nitrogens is 1. The highest BCUT2D eigenvalue weighted by molar-refractivity contribution is 5.54. The van der Waals surface area contributed by atoms with Gasteiger partial charge in [-0.05, 0) is 30.4 Å². The van der Waals surface area contributed by atoms with Crippen LogP contribution < -0.4 is 0 Å². The molecule has 0 aliphatic carbocycles. The van der Waals surface area contributed by atoms with Crippen molar-refractivity contribution in [3.05, 3.63) is 29.6 Å². The summed E-state index contributed by atoms with van der Waals surface area (Å²) < 4.78 is 0. The van der Waals surface area contributed by atoms with E-state index in [1.54, 1.807) is 0 Å². The van der Waals surface area contributed by atoms with Gasteiger partial charge in [0.05, 0.1) is 0 Å². The lowest BCUT2D eigenvalue weighted by Crippen LogP contribution is -1.93. The molecule has 0 aliphatic heterocycles. The molecule has 0 aromatic carbocycles. The van der Waals surface area contributed by atoms with Gasteiger partial charge in [-0.25, -0.2) is 0 Å². The molecular weight excluding hydrogens is 146 g/mol. The van der Waals surface area contributed by atoms with Gasteiger partial charge in [0.15, 0.2) is 0 Å². The molecule has 1 aromatic heterocycles. The summed E-state index contributed by atoms with van der Waals surface area (Å²) >= 11 is 0. The Labute approximate surface area is 74.5 Å². The van der Waals surface area contributed by atoms with Gasteiger partial charge in [0.2, 0.25) is 0 Å². The number of hydrogen-bond donors (Lipinski definition) is 1. The van der Waals surface area contributed by atoms with E-state index >= 15 is 0 Å². The minimum atomic E-state index is 0.707. The van der Waals surface area contributed by atoms with E-state index in [0.717, 1.165) is 6.42 Å². The van der Waals surface area contributed by atoms with E-state index in [1.165, 1.54) is 16.8 Å². The zero-order chi connectivity index (χ0) is 9.14. The summed E-state index contributed by atoms with van der Waals surface area (Å²) in [5.41, 5.74) is 3.89. The van der Waals surface area contributed by atoms with Crippen LogP contribution in [-0.2, 0) is 6.42 Å². The van der Waals surface area contributed by atoms with Gasteiger partial charge in [-0.1, -0.05) is 26.5 Å². The molecule has 0 atom stereocenters. The van der Waals surface area contributed by atoms with Gasteiger partial charge in [0, 0.05) is 11.9 Å². The van der Waals surface area contributed by atoms with Crippen molar-refractivity contribution in [2.75, 3.05) is 0 Å². The Balaban J connectivity index is 2.91. The maximum absolute atomic E-state index is 3.81. The fourth-order valence-corrected chi connectivity index (χ4v) is 1.48. The van der Waals surface area contributed by atoms with Crippen molar-refractivity contribution in [1.29, 1.82) is 0 Å². The average molecular weight is 163 g/mol. The van der Waals surface area contributed by atoms with Crippen LogP contribution in [-0.4, -0.2) is 4.98 Å². The average Bonchev–Trinajstić information content (AvgIpc) is 2.30. The monoisotopic (exact) mass is 163 g/mol. The molecular formula is C11H17N. The molecule has 0 saturated heterocycles. The molecule has 0 fully saturated rings. The van der Waals surface area contributed by atoms with Crippen molar-refractivity contribution in [2.45, 2.75) is 27.2 Å². The first-order valence-corrected chi connectivity index (χ1v) is 4.44. The van der Waals surface area contributed by atoms with E-state index in [-0.39, 0.29) is 0 Å². The van der Waals surface area contributed by atoms with Crippen LogP contribution in [0.15, 0.2) is 12.8 Å². The Morgan fingerprint density at radius 1 is 1.58 bits per heavy atom. The van der Waals surface area contributed by atoms with E-state index in [4.69, 9.17) is 0 Å². The molecule has 12 heavy (non-hydrogen) atoms. The van der Waals surface area contributed by atoms with Crippen LogP contribution in [0, 0.1) is 12.8 Å². The smallest absolute Gasteiger partial charge is 0.0191 e. The van der Waals surface area contributed by atoms with Gasteiger partial charge in [-0.15, -0.1) is 0 Å². The lowest BCUT2D eigenvalue weighted by molar-refractivity contribution is 0.647. The van der Waals surface area contributed by atoms with Gasteiger partial charge in [0.25, 0.3) is 0 Å². The first-order chi connectivity index (χ1) is 5.65. The highest BCUT2D eigenvalue weighted by Gasteiger charge is 2.05. The second-order valence-corrected chi connectivity index (χ2v) is 3.65. The fraction of sp³-hybridized carbons (Fsp3) is 0.455. The number of aryl methyl sites for hydroxylation is 1. The molecule has 1 heterocycles. The second-order valence-electron chi connectivity index (χ2n) is 3.65. The van der Waals surface area contributed by atoms with Gasteiger partial charge in [0.1, 0.15) is 0 Å². The van der Waals surface area contributed by atoms with Gasteiger partial charge >= 0.3 is 0 Å². The molecule has 0 saturated carbocycles. The first-order valence-electron chi connectivity index (χ1n) is 4.44. The minimum absolute atomic E-state index is 0.707. The largest absolute Gasteiger partial charge is 0.364 e. The van der Waals surface area contributed by atoms with Gasteiger partial charge < -0.3 is 4.98 Å². The number of rotatable bonds is 3. The molecule has 1 aromatic rings. The third-order valence-corrected chi connectivity index (χ3v) is 2.05. The molecule has 0 radical (unpaired) electrons. The molecule has 1 nitrogen and oxygen atoms in total. The van der Waals surface area contributed by atoms with Crippen LogP contribution in [0.5, 0.6) is 0 Å². The standard InChI is InChI=1S/C11H17N/c1-5-11-9(4)12-7-10(11)6-8(2)3/h5,7-8,12H,1,6H2,2-4H3. The maximum Gasteiger partial charge on any atom is 0.0191 e. The zero-order valence-corrected chi connectivity index (χ0v) is 8.15. The normalized spacial score (nSPS) is 10.7. The number of nitrogens with one attached hydrogen (secondary N) is 1. The van der Waals surface area contributed by atoms with Crippen molar-refractivity contribution in [3.63, 3.8) is 0 Å². The Morgan fingerprint density at radius 3 is 2.75 bits per heavy atom. The Hall–Kier alpha value is -0.980. The quantitative estimate of drug-likeness (QED) is 0.704. The Kier molecular flexibility index (Phi) is 2.74. The van der Waals surface area contributed by atoms with Crippen molar-refractivity contribution < 1.29 is 0 Å². The second kappa shape index (κ2) is 3.61. The zero-order valence-electron chi connectivity index (χ0n) is 8.15. The van der Waals surface area contributed by atoms with Crippen molar-refractivity contribution in [2.24, 2.45) is 5.92 Å².